The number of fused-ring (bicyclic) bond motifs is 2. The van der Waals surface area contributed by atoms with E-state index in [1.165, 1.54) is 37.6 Å². The molecule has 3 heterocycles. The molecule has 0 radical (unpaired) electrons. The Labute approximate surface area is 146 Å². The highest BCUT2D eigenvalue weighted by Crippen LogP contribution is 2.37. The molecule has 2 amide bonds. The van der Waals surface area contributed by atoms with Crippen molar-refractivity contribution in [3.63, 3.8) is 0 Å². The Bertz CT molecular complexity index is 651. The van der Waals surface area contributed by atoms with Gasteiger partial charge in [0.2, 0.25) is 11.8 Å². The summed E-state index contributed by atoms with van der Waals surface area (Å²) in [4.78, 5) is 30.5. The monoisotopic (exact) mass is 345 g/mol. The van der Waals surface area contributed by atoms with Crippen molar-refractivity contribution < 1.29 is 9.59 Å². The van der Waals surface area contributed by atoms with Gasteiger partial charge in [0.15, 0.2) is 0 Å². The van der Waals surface area contributed by atoms with E-state index in [1.54, 1.807) is 0 Å². The number of hydrogen-bond acceptors (Lipinski definition) is 4. The van der Waals surface area contributed by atoms with Gasteiger partial charge in [0.1, 0.15) is 0 Å². The number of piperidine rings is 1. The van der Waals surface area contributed by atoms with Gasteiger partial charge in [0.05, 0.1) is 10.9 Å². The summed E-state index contributed by atoms with van der Waals surface area (Å²) in [6, 6.07) is 8.29. The molecule has 6 heteroatoms. The van der Waals surface area contributed by atoms with Crippen molar-refractivity contribution in [2.45, 2.75) is 41.9 Å². The predicted molar refractivity (Wildman–Crippen MR) is 95.1 cm³/mol. The summed E-state index contributed by atoms with van der Waals surface area (Å²) in [6.07, 6.45) is 4.02. The van der Waals surface area contributed by atoms with E-state index in [9.17, 15) is 9.59 Å². The van der Waals surface area contributed by atoms with Crippen molar-refractivity contribution in [2.75, 3.05) is 31.5 Å². The number of carbonyl (C=O) groups excluding carboxylic acids is 2. The highest BCUT2D eigenvalue weighted by molar-refractivity contribution is 8.01. The Morgan fingerprint density at radius 2 is 2.08 bits per heavy atom. The van der Waals surface area contributed by atoms with Gasteiger partial charge in [0, 0.05) is 37.0 Å². The van der Waals surface area contributed by atoms with E-state index >= 15 is 0 Å². The summed E-state index contributed by atoms with van der Waals surface area (Å²) >= 11 is 1.51. The minimum absolute atomic E-state index is 0.0525. The zero-order valence-electron chi connectivity index (χ0n) is 13.7. The van der Waals surface area contributed by atoms with Crippen LogP contribution in [0, 0.1) is 0 Å². The highest BCUT2D eigenvalue weighted by atomic mass is 32.2. The van der Waals surface area contributed by atoms with Gasteiger partial charge in [-0.3, -0.25) is 14.5 Å². The van der Waals surface area contributed by atoms with Crippen LogP contribution in [0.2, 0.25) is 0 Å². The second-order valence-corrected chi connectivity index (χ2v) is 8.07. The van der Waals surface area contributed by atoms with Crippen LogP contribution in [-0.4, -0.2) is 59.1 Å². The summed E-state index contributed by atoms with van der Waals surface area (Å²) in [6.45, 7) is 3.77. The molecule has 1 aromatic rings. The minimum Gasteiger partial charge on any atom is -0.340 e. The van der Waals surface area contributed by atoms with E-state index in [0.29, 0.717) is 6.04 Å². The summed E-state index contributed by atoms with van der Waals surface area (Å²) in [7, 11) is 0. The van der Waals surface area contributed by atoms with Crippen LogP contribution in [0.4, 0.5) is 5.69 Å². The summed E-state index contributed by atoms with van der Waals surface area (Å²) in [5, 5.41) is 2.60. The van der Waals surface area contributed by atoms with Crippen molar-refractivity contribution in [2.24, 2.45) is 0 Å². The fourth-order valence-corrected chi connectivity index (χ4v) is 5.00. The molecule has 0 unspecified atom stereocenters. The first-order valence-corrected chi connectivity index (χ1v) is 9.67. The van der Waals surface area contributed by atoms with Crippen molar-refractivity contribution in [3.05, 3.63) is 24.3 Å². The molecule has 0 spiro atoms. The van der Waals surface area contributed by atoms with E-state index in [2.05, 4.69) is 10.2 Å². The van der Waals surface area contributed by atoms with Crippen molar-refractivity contribution >= 4 is 29.3 Å². The lowest BCUT2D eigenvalue weighted by molar-refractivity contribution is -0.135. The lowest BCUT2D eigenvalue weighted by Crippen LogP contribution is -2.56. The van der Waals surface area contributed by atoms with Crippen LogP contribution in [0.25, 0.3) is 0 Å². The fourth-order valence-electron chi connectivity index (χ4n) is 3.90. The number of piperazine rings is 1. The lowest BCUT2D eigenvalue weighted by atomic mass is 9.99. The number of amides is 2. The number of benzene rings is 1. The third kappa shape index (κ3) is 3.17. The van der Waals surface area contributed by atoms with Gasteiger partial charge in [-0.05, 0) is 31.5 Å². The smallest absolute Gasteiger partial charge is 0.238 e. The first kappa shape index (κ1) is 16.0. The zero-order chi connectivity index (χ0) is 16.5. The van der Waals surface area contributed by atoms with Gasteiger partial charge in [0.25, 0.3) is 0 Å². The maximum absolute atomic E-state index is 12.7. The van der Waals surface area contributed by atoms with Gasteiger partial charge in [-0.15, -0.1) is 11.8 Å². The molecule has 1 N–H and O–H groups in total. The molecule has 5 nitrogen and oxygen atoms in total. The van der Waals surface area contributed by atoms with Gasteiger partial charge in [-0.2, -0.15) is 0 Å². The van der Waals surface area contributed by atoms with E-state index in [1.807, 2.05) is 29.2 Å². The van der Waals surface area contributed by atoms with Gasteiger partial charge >= 0.3 is 0 Å². The number of thioether (sulfide) groups is 1. The van der Waals surface area contributed by atoms with Gasteiger partial charge < -0.3 is 10.2 Å². The summed E-state index contributed by atoms with van der Waals surface area (Å²) in [5.41, 5.74) is 0.854. The Balaban J connectivity index is 1.38. The third-order valence-electron chi connectivity index (χ3n) is 5.26. The largest absolute Gasteiger partial charge is 0.340 e. The van der Waals surface area contributed by atoms with Crippen LogP contribution in [0.3, 0.4) is 0 Å². The molecule has 0 bridgehead atoms. The first-order valence-electron chi connectivity index (χ1n) is 8.79. The lowest BCUT2D eigenvalue weighted by Gasteiger charge is -2.44. The van der Waals surface area contributed by atoms with Crippen LogP contribution >= 0.6 is 11.8 Å². The molecule has 2 atom stereocenters. The van der Waals surface area contributed by atoms with Crippen molar-refractivity contribution in [1.82, 2.24) is 9.80 Å². The summed E-state index contributed by atoms with van der Waals surface area (Å²) < 4.78 is 0. The SMILES string of the molecule is O=C1Nc2ccccc2S[C@@H]1CC(=O)N1CCN2CCCC[C@H]2C1. The van der Waals surface area contributed by atoms with Crippen LogP contribution in [0.5, 0.6) is 0 Å². The normalized spacial score (nSPS) is 27.2. The van der Waals surface area contributed by atoms with E-state index in [4.69, 9.17) is 0 Å². The van der Waals surface area contributed by atoms with Crippen LogP contribution in [0.15, 0.2) is 29.2 Å². The molecular formula is C18H23N3O2S. The second-order valence-electron chi connectivity index (χ2n) is 6.82. The summed E-state index contributed by atoms with van der Waals surface area (Å²) in [5.74, 6) is 0.0654. The molecule has 3 aliphatic heterocycles. The molecule has 3 aliphatic rings. The molecule has 0 saturated carbocycles. The number of rotatable bonds is 2. The Kier molecular flexibility index (Phi) is 4.50. The van der Waals surface area contributed by atoms with E-state index < -0.39 is 0 Å². The molecule has 0 aromatic heterocycles. The van der Waals surface area contributed by atoms with E-state index in [-0.39, 0.29) is 23.5 Å². The third-order valence-corrected chi connectivity index (χ3v) is 6.53. The van der Waals surface area contributed by atoms with Crippen molar-refractivity contribution in [3.8, 4) is 0 Å². The van der Waals surface area contributed by atoms with Crippen LogP contribution in [-0.2, 0) is 9.59 Å². The Morgan fingerprint density at radius 1 is 1.21 bits per heavy atom. The van der Waals surface area contributed by atoms with Gasteiger partial charge in [-0.25, -0.2) is 0 Å². The average molecular weight is 345 g/mol. The highest BCUT2D eigenvalue weighted by Gasteiger charge is 2.34. The predicted octanol–water partition coefficient (Wildman–Crippen LogP) is 2.19. The number of hydrogen-bond donors (Lipinski definition) is 1. The number of para-hydroxylation sites is 1. The molecular weight excluding hydrogens is 322 g/mol. The second kappa shape index (κ2) is 6.76. The van der Waals surface area contributed by atoms with E-state index in [0.717, 1.165) is 30.2 Å². The van der Waals surface area contributed by atoms with Crippen LogP contribution in [0.1, 0.15) is 25.7 Å². The molecule has 4 rings (SSSR count). The fraction of sp³-hybridized carbons (Fsp3) is 0.556. The maximum Gasteiger partial charge on any atom is 0.238 e. The quantitative estimate of drug-likeness (QED) is 0.893. The number of nitrogens with zero attached hydrogens (tertiary/aromatic N) is 2. The van der Waals surface area contributed by atoms with Crippen molar-refractivity contribution in [1.29, 1.82) is 0 Å². The van der Waals surface area contributed by atoms with Gasteiger partial charge in [-0.1, -0.05) is 18.6 Å². The number of anilines is 1. The maximum atomic E-state index is 12.7. The molecule has 128 valence electrons. The molecule has 1 aromatic carbocycles. The zero-order valence-corrected chi connectivity index (χ0v) is 14.6. The number of nitrogens with one attached hydrogen (secondary N) is 1. The molecule has 2 saturated heterocycles. The molecule has 24 heavy (non-hydrogen) atoms. The topological polar surface area (TPSA) is 52.7 Å². The Hall–Kier alpha value is -1.53. The standard InChI is InChI=1S/C18H23N3O2S/c22-17(21-10-9-20-8-4-3-5-13(20)12-21)11-16-18(23)19-14-6-1-2-7-15(14)24-16/h1-2,6-7,13,16H,3-5,8-12H2,(H,19,23)/t13-,16+/m0/s1. The van der Waals surface area contributed by atoms with Crippen LogP contribution < -0.4 is 5.32 Å². The number of carbonyl (C=O) groups is 2. The average Bonchev–Trinajstić information content (AvgIpc) is 2.62. The molecule has 2 fully saturated rings. The molecule has 0 aliphatic carbocycles. The first-order chi connectivity index (χ1) is 11.7. The Morgan fingerprint density at radius 3 is 3.00 bits per heavy atom. The minimum atomic E-state index is -0.322.